The fourth-order valence-electron chi connectivity index (χ4n) is 4.22. The van der Waals surface area contributed by atoms with Crippen LogP contribution in [0.3, 0.4) is 0 Å². The van der Waals surface area contributed by atoms with Crippen molar-refractivity contribution in [1.82, 2.24) is 4.90 Å². The van der Waals surface area contributed by atoms with Crippen molar-refractivity contribution in [2.24, 2.45) is 4.99 Å². The minimum absolute atomic E-state index is 0.104. The van der Waals surface area contributed by atoms with Crippen LogP contribution in [0, 0.1) is 17.0 Å². The first-order valence-electron chi connectivity index (χ1n) is 8.85. The summed E-state index contributed by atoms with van der Waals surface area (Å²) in [5.41, 5.74) is 1.81. The van der Waals surface area contributed by atoms with Gasteiger partial charge >= 0.3 is 0 Å². The lowest BCUT2D eigenvalue weighted by Gasteiger charge is -2.43. The van der Waals surface area contributed by atoms with E-state index in [0.29, 0.717) is 6.04 Å². The fraction of sp³-hybridized carbons (Fsp3) is 0.611. The Kier molecular flexibility index (Phi) is 3.70. The summed E-state index contributed by atoms with van der Waals surface area (Å²) < 4.78 is 6.04. The molecule has 1 aromatic carbocycles. The first-order valence-corrected chi connectivity index (χ1v) is 8.85. The first kappa shape index (κ1) is 15.4. The predicted molar refractivity (Wildman–Crippen MR) is 91.6 cm³/mol. The molecule has 3 fully saturated rings. The third kappa shape index (κ3) is 2.44. The lowest BCUT2D eigenvalue weighted by Crippen LogP contribution is -2.53. The standard InChI is InChI=1S/C18H23N3O3/c1-13-11-15(21(22)23)7-8-16(13)19-17-20(14-5-4-6-14)18(12-24-17)9-2-3-10-18/h7-8,11,14H,2-6,9-10,12H2,1H3/b19-17+. The number of hydrogen-bond donors (Lipinski definition) is 0. The number of nitro benzene ring substituents is 1. The number of benzene rings is 1. The minimum Gasteiger partial charge on any atom is -0.462 e. The minimum atomic E-state index is -0.371. The molecule has 4 rings (SSSR count). The Morgan fingerprint density at radius 1 is 1.29 bits per heavy atom. The van der Waals surface area contributed by atoms with Gasteiger partial charge in [0.25, 0.3) is 11.7 Å². The second kappa shape index (κ2) is 5.76. The van der Waals surface area contributed by atoms with E-state index in [1.165, 1.54) is 51.0 Å². The quantitative estimate of drug-likeness (QED) is 0.619. The molecule has 1 saturated heterocycles. The maximum absolute atomic E-state index is 10.9. The van der Waals surface area contributed by atoms with Gasteiger partial charge in [0.15, 0.2) is 0 Å². The average Bonchev–Trinajstić information content (AvgIpc) is 3.10. The number of aliphatic imine (C=N–C) groups is 1. The van der Waals surface area contributed by atoms with Crippen molar-refractivity contribution < 1.29 is 9.66 Å². The SMILES string of the molecule is Cc1cc([N+](=O)[O-])ccc1/N=C1/OCC2(CCCC2)N1C1CCC1. The van der Waals surface area contributed by atoms with Crippen LogP contribution in [0.25, 0.3) is 0 Å². The lowest BCUT2D eigenvalue weighted by molar-refractivity contribution is -0.384. The van der Waals surface area contributed by atoms with Crippen LogP contribution in [0.1, 0.15) is 50.5 Å². The zero-order chi connectivity index (χ0) is 16.7. The fourth-order valence-corrected chi connectivity index (χ4v) is 4.22. The lowest BCUT2D eigenvalue weighted by atomic mass is 9.86. The van der Waals surface area contributed by atoms with Gasteiger partial charge in [-0.05, 0) is 50.7 Å². The summed E-state index contributed by atoms with van der Waals surface area (Å²) in [5.74, 6) is 0. The van der Waals surface area contributed by atoms with Crippen LogP contribution in [0.4, 0.5) is 11.4 Å². The van der Waals surface area contributed by atoms with Crippen molar-refractivity contribution in [2.45, 2.75) is 63.5 Å². The van der Waals surface area contributed by atoms with Gasteiger partial charge in [0.05, 0.1) is 16.1 Å². The third-order valence-electron chi connectivity index (χ3n) is 5.77. The van der Waals surface area contributed by atoms with Crippen molar-refractivity contribution >= 4 is 17.4 Å². The molecule has 0 N–H and O–H groups in total. The maximum atomic E-state index is 10.9. The van der Waals surface area contributed by atoms with Gasteiger partial charge in [0.2, 0.25) is 0 Å². The van der Waals surface area contributed by atoms with Gasteiger partial charge in [-0.3, -0.25) is 10.1 Å². The highest BCUT2D eigenvalue weighted by Gasteiger charge is 2.51. The smallest absolute Gasteiger partial charge is 0.293 e. The molecule has 6 heteroatoms. The zero-order valence-corrected chi connectivity index (χ0v) is 14.0. The predicted octanol–water partition coefficient (Wildman–Crippen LogP) is 4.09. The molecule has 0 radical (unpaired) electrons. The van der Waals surface area contributed by atoms with Crippen molar-refractivity contribution in [1.29, 1.82) is 0 Å². The van der Waals surface area contributed by atoms with Crippen LogP contribution in [-0.2, 0) is 4.74 Å². The van der Waals surface area contributed by atoms with Gasteiger partial charge in [-0.25, -0.2) is 0 Å². The normalized spacial score (nSPS) is 24.4. The van der Waals surface area contributed by atoms with Gasteiger partial charge < -0.3 is 9.64 Å². The van der Waals surface area contributed by atoms with E-state index in [2.05, 4.69) is 4.90 Å². The van der Waals surface area contributed by atoms with Crippen molar-refractivity contribution in [3.63, 3.8) is 0 Å². The Morgan fingerprint density at radius 3 is 2.62 bits per heavy atom. The number of nitrogens with zero attached hydrogens (tertiary/aromatic N) is 3. The van der Waals surface area contributed by atoms with Crippen LogP contribution in [0.15, 0.2) is 23.2 Å². The summed E-state index contributed by atoms with van der Waals surface area (Å²) in [6.07, 6.45) is 8.59. The van der Waals surface area contributed by atoms with Crippen LogP contribution < -0.4 is 0 Å². The van der Waals surface area contributed by atoms with Crippen molar-refractivity contribution in [2.75, 3.05) is 6.61 Å². The van der Waals surface area contributed by atoms with Gasteiger partial charge in [-0.15, -0.1) is 0 Å². The molecule has 6 nitrogen and oxygen atoms in total. The summed E-state index contributed by atoms with van der Waals surface area (Å²) >= 11 is 0. The highest BCUT2D eigenvalue weighted by atomic mass is 16.6. The molecule has 3 aliphatic rings. The van der Waals surface area contributed by atoms with E-state index < -0.39 is 0 Å². The Hall–Kier alpha value is -2.11. The monoisotopic (exact) mass is 329 g/mol. The molecule has 1 aromatic rings. The van der Waals surface area contributed by atoms with Crippen molar-refractivity contribution in [3.8, 4) is 0 Å². The van der Waals surface area contributed by atoms with Crippen LogP contribution >= 0.6 is 0 Å². The summed E-state index contributed by atoms with van der Waals surface area (Å²) in [6.45, 7) is 2.59. The maximum Gasteiger partial charge on any atom is 0.293 e. The molecule has 0 bridgehead atoms. The number of hydrogen-bond acceptors (Lipinski definition) is 4. The molecule has 2 aliphatic carbocycles. The molecule has 128 valence electrons. The largest absolute Gasteiger partial charge is 0.462 e. The van der Waals surface area contributed by atoms with E-state index in [-0.39, 0.29) is 16.1 Å². The Bertz CT molecular complexity index is 691. The molecule has 0 amide bonds. The van der Waals surface area contributed by atoms with E-state index in [9.17, 15) is 10.1 Å². The second-order valence-electron chi connectivity index (χ2n) is 7.30. The molecule has 24 heavy (non-hydrogen) atoms. The van der Waals surface area contributed by atoms with E-state index in [1.807, 2.05) is 6.92 Å². The van der Waals surface area contributed by atoms with Crippen LogP contribution in [0.2, 0.25) is 0 Å². The summed E-state index contributed by atoms with van der Waals surface area (Å²) in [7, 11) is 0. The molecule has 1 spiro atoms. The van der Waals surface area contributed by atoms with E-state index in [1.54, 1.807) is 12.1 Å². The van der Waals surface area contributed by atoms with Gasteiger partial charge in [0.1, 0.15) is 6.61 Å². The number of nitro groups is 1. The van der Waals surface area contributed by atoms with E-state index >= 15 is 0 Å². The molecule has 2 saturated carbocycles. The van der Waals surface area contributed by atoms with Gasteiger partial charge in [0, 0.05) is 18.2 Å². The average molecular weight is 329 g/mol. The van der Waals surface area contributed by atoms with Gasteiger partial charge in [-0.1, -0.05) is 12.8 Å². The van der Waals surface area contributed by atoms with E-state index in [0.717, 1.165) is 23.9 Å². The molecular formula is C18H23N3O3. The van der Waals surface area contributed by atoms with Gasteiger partial charge in [-0.2, -0.15) is 4.99 Å². The number of rotatable bonds is 3. The Morgan fingerprint density at radius 2 is 2.04 bits per heavy atom. The number of non-ortho nitro benzene ring substituents is 1. The summed E-state index contributed by atoms with van der Waals surface area (Å²) in [5, 5.41) is 10.9. The number of amidine groups is 1. The number of aryl methyl sites for hydroxylation is 1. The topological polar surface area (TPSA) is 68.0 Å². The number of ether oxygens (including phenoxy) is 1. The highest BCUT2D eigenvalue weighted by molar-refractivity contribution is 5.81. The van der Waals surface area contributed by atoms with Crippen LogP contribution in [0.5, 0.6) is 0 Å². The molecule has 0 unspecified atom stereocenters. The third-order valence-corrected chi connectivity index (χ3v) is 5.77. The zero-order valence-electron chi connectivity index (χ0n) is 14.0. The molecule has 1 heterocycles. The summed E-state index contributed by atoms with van der Waals surface area (Å²) in [4.78, 5) is 17.7. The first-order chi connectivity index (χ1) is 11.6. The van der Waals surface area contributed by atoms with Crippen molar-refractivity contribution in [3.05, 3.63) is 33.9 Å². The molecule has 0 atom stereocenters. The molecule has 0 aromatic heterocycles. The Labute approximate surface area is 141 Å². The van der Waals surface area contributed by atoms with Crippen LogP contribution in [-0.4, -0.2) is 34.0 Å². The molecule has 1 aliphatic heterocycles. The Balaban J connectivity index is 1.67. The molecular weight excluding hydrogens is 306 g/mol. The van der Waals surface area contributed by atoms with E-state index in [4.69, 9.17) is 9.73 Å². The second-order valence-corrected chi connectivity index (χ2v) is 7.30. The highest BCUT2D eigenvalue weighted by Crippen LogP contribution is 2.45. The summed E-state index contributed by atoms with van der Waals surface area (Å²) in [6, 6.07) is 6.08.